The first kappa shape index (κ1) is 10.6. The summed E-state index contributed by atoms with van der Waals surface area (Å²) >= 11 is 0. The maximum atomic E-state index is 5.64. The highest BCUT2D eigenvalue weighted by Crippen LogP contribution is 2.05. The molecule has 0 rings (SSSR count). The molecule has 0 spiro atoms. The summed E-state index contributed by atoms with van der Waals surface area (Å²) in [6, 6.07) is 0. The van der Waals surface area contributed by atoms with Crippen LogP contribution in [0.4, 0.5) is 0 Å². The van der Waals surface area contributed by atoms with Crippen LogP contribution < -0.4 is 5.73 Å². The predicted octanol–water partition coefficient (Wildman–Crippen LogP) is 2.37. The molecule has 0 aromatic rings. The molecule has 0 aliphatic carbocycles. The van der Waals surface area contributed by atoms with E-state index in [0.717, 1.165) is 11.3 Å². The van der Waals surface area contributed by atoms with Gasteiger partial charge < -0.3 is 5.73 Å². The van der Waals surface area contributed by atoms with Crippen molar-refractivity contribution >= 4 is 0 Å². The normalized spacial score (nSPS) is 11.8. The Balaban J connectivity index is 4.43. The lowest BCUT2D eigenvalue weighted by Gasteiger charge is -1.98. The number of rotatable bonds is 3. The third kappa shape index (κ3) is 4.40. The zero-order valence-electron chi connectivity index (χ0n) is 7.72. The summed E-state index contributed by atoms with van der Waals surface area (Å²) < 4.78 is 0. The molecule has 0 saturated heterocycles. The predicted molar refractivity (Wildman–Crippen MR) is 54.3 cm³/mol. The van der Waals surface area contributed by atoms with Crippen LogP contribution in [-0.4, -0.2) is 0 Å². The summed E-state index contributed by atoms with van der Waals surface area (Å²) in [5, 5.41) is 0. The molecular weight excluding hydrogens is 146 g/mol. The van der Waals surface area contributed by atoms with Crippen LogP contribution >= 0.6 is 0 Å². The highest BCUT2D eigenvalue weighted by Gasteiger charge is 1.91. The smallest absolute Gasteiger partial charge is 0.0357 e. The molecule has 0 bridgehead atoms. The fourth-order valence-corrected chi connectivity index (χ4v) is 0.698. The average Bonchev–Trinajstić information content (AvgIpc) is 2.04. The minimum Gasteiger partial charge on any atom is -0.402 e. The first-order chi connectivity index (χ1) is 5.72. The lowest BCUT2D eigenvalue weighted by Crippen LogP contribution is -1.95. The van der Waals surface area contributed by atoms with E-state index >= 15 is 0 Å². The zero-order chi connectivity index (χ0) is 9.40. The second kappa shape index (κ2) is 6.30. The Bertz CT molecular complexity index is 254. The van der Waals surface area contributed by atoms with Crippen LogP contribution in [0.5, 0.6) is 0 Å². The summed E-state index contributed by atoms with van der Waals surface area (Å²) in [7, 11) is 0. The summed E-state index contributed by atoms with van der Waals surface area (Å²) in [5.41, 5.74) is 7.52. The highest BCUT2D eigenvalue weighted by molar-refractivity contribution is 5.29. The van der Waals surface area contributed by atoms with Crippen LogP contribution in [0.2, 0.25) is 0 Å². The van der Waals surface area contributed by atoms with Gasteiger partial charge in [-0.15, -0.1) is 5.92 Å². The maximum absolute atomic E-state index is 5.64. The van der Waals surface area contributed by atoms with Gasteiger partial charge >= 0.3 is 0 Å². The Morgan fingerprint density at radius 1 is 1.58 bits per heavy atom. The van der Waals surface area contributed by atoms with E-state index in [9.17, 15) is 0 Å². The quantitative estimate of drug-likeness (QED) is 0.499. The van der Waals surface area contributed by atoms with Crippen molar-refractivity contribution < 1.29 is 0 Å². The molecule has 0 saturated carbocycles. The van der Waals surface area contributed by atoms with Crippen LogP contribution in [-0.2, 0) is 0 Å². The lowest BCUT2D eigenvalue weighted by molar-refractivity contribution is 1.18. The van der Waals surface area contributed by atoms with Gasteiger partial charge in [0.1, 0.15) is 0 Å². The van der Waals surface area contributed by atoms with Gasteiger partial charge in [-0.25, -0.2) is 0 Å². The maximum Gasteiger partial charge on any atom is 0.0357 e. The summed E-state index contributed by atoms with van der Waals surface area (Å²) in [6.07, 6.45) is 6.24. The molecule has 0 aromatic heterocycles. The van der Waals surface area contributed by atoms with E-state index in [2.05, 4.69) is 18.4 Å². The van der Waals surface area contributed by atoms with Crippen LogP contribution in [0.3, 0.4) is 0 Å². The molecule has 0 unspecified atom stereocenters. The van der Waals surface area contributed by atoms with Crippen molar-refractivity contribution in [1.29, 1.82) is 0 Å². The average molecular weight is 161 g/mol. The third-order valence-corrected chi connectivity index (χ3v) is 1.40. The molecule has 1 nitrogen and oxygen atoms in total. The van der Waals surface area contributed by atoms with Crippen LogP contribution in [0.1, 0.15) is 20.3 Å². The molecule has 1 heteroatoms. The molecule has 0 atom stereocenters. The molecule has 0 radical (unpaired) electrons. The van der Waals surface area contributed by atoms with E-state index < -0.39 is 0 Å². The van der Waals surface area contributed by atoms with Gasteiger partial charge in [-0.05, 0) is 19.4 Å². The third-order valence-electron chi connectivity index (χ3n) is 1.40. The van der Waals surface area contributed by atoms with Crippen LogP contribution in [0.25, 0.3) is 0 Å². The van der Waals surface area contributed by atoms with Gasteiger partial charge in [-0.1, -0.05) is 30.7 Å². The van der Waals surface area contributed by atoms with Gasteiger partial charge in [-0.3, -0.25) is 0 Å². The molecule has 2 N–H and O–H groups in total. The van der Waals surface area contributed by atoms with Gasteiger partial charge in [0.15, 0.2) is 0 Å². The summed E-state index contributed by atoms with van der Waals surface area (Å²) in [5.74, 6) is 5.80. The van der Waals surface area contributed by atoms with E-state index in [1.807, 2.05) is 26.0 Å². The van der Waals surface area contributed by atoms with Gasteiger partial charge in [-0.2, -0.15) is 0 Å². The number of allylic oxidation sites excluding steroid dienone is 5. The van der Waals surface area contributed by atoms with Gasteiger partial charge in [0.25, 0.3) is 0 Å². The van der Waals surface area contributed by atoms with Crippen LogP contribution in [0.15, 0.2) is 36.1 Å². The van der Waals surface area contributed by atoms with Gasteiger partial charge in [0, 0.05) is 12.1 Å². The first-order valence-electron chi connectivity index (χ1n) is 3.86. The van der Waals surface area contributed by atoms with Crippen molar-refractivity contribution in [2.75, 3.05) is 0 Å². The lowest BCUT2D eigenvalue weighted by atomic mass is 10.1. The van der Waals surface area contributed by atoms with E-state index in [-0.39, 0.29) is 0 Å². The minimum absolute atomic E-state index is 0.711. The van der Waals surface area contributed by atoms with Crippen molar-refractivity contribution in [3.8, 4) is 11.8 Å². The molecular formula is C11H15N. The molecule has 0 aromatic carbocycles. The highest BCUT2D eigenvalue weighted by atomic mass is 14.6. The molecule has 0 fully saturated rings. The van der Waals surface area contributed by atoms with E-state index in [1.165, 1.54) is 0 Å². The summed E-state index contributed by atoms with van der Waals surface area (Å²) in [4.78, 5) is 0. The van der Waals surface area contributed by atoms with Crippen molar-refractivity contribution in [2.24, 2.45) is 5.73 Å². The van der Waals surface area contributed by atoms with Crippen LogP contribution in [0, 0.1) is 11.8 Å². The Morgan fingerprint density at radius 2 is 2.25 bits per heavy atom. The number of nitrogens with two attached hydrogens (primary N) is 1. The summed E-state index contributed by atoms with van der Waals surface area (Å²) in [6.45, 7) is 7.28. The van der Waals surface area contributed by atoms with E-state index in [4.69, 9.17) is 5.73 Å². The van der Waals surface area contributed by atoms with E-state index in [1.54, 1.807) is 6.08 Å². The number of hydrogen-bond acceptors (Lipinski definition) is 1. The number of hydrogen-bond donors (Lipinski definition) is 1. The van der Waals surface area contributed by atoms with E-state index in [0.29, 0.717) is 6.42 Å². The molecule has 0 heterocycles. The van der Waals surface area contributed by atoms with Crippen molar-refractivity contribution in [3.63, 3.8) is 0 Å². The first-order valence-corrected chi connectivity index (χ1v) is 3.86. The fraction of sp³-hybridized carbons (Fsp3) is 0.273. The van der Waals surface area contributed by atoms with Gasteiger partial charge in [0.2, 0.25) is 0 Å². The standard InChI is InChI=1S/C11H15N/c1-4-6-8-11(10(3)12)9-7-5-2/h4,6,8H,1,9,12H2,2-3H3/b8-6-,11-10+. The molecule has 64 valence electrons. The fourth-order valence-electron chi connectivity index (χ4n) is 0.698. The topological polar surface area (TPSA) is 26.0 Å². The van der Waals surface area contributed by atoms with Gasteiger partial charge in [0.05, 0.1) is 0 Å². The molecule has 0 aliphatic rings. The molecule has 0 amide bonds. The molecule has 12 heavy (non-hydrogen) atoms. The Morgan fingerprint density at radius 3 is 2.67 bits per heavy atom. The Kier molecular flexibility index (Phi) is 5.55. The Hall–Kier alpha value is -1.42. The minimum atomic E-state index is 0.711. The van der Waals surface area contributed by atoms with Crippen molar-refractivity contribution in [3.05, 3.63) is 36.1 Å². The zero-order valence-corrected chi connectivity index (χ0v) is 7.72. The monoisotopic (exact) mass is 161 g/mol. The SMILES string of the molecule is C=C/C=C\C(CC#CC)=C(\C)N. The Labute approximate surface area is 74.7 Å². The molecule has 0 aliphatic heterocycles. The van der Waals surface area contributed by atoms with Crippen molar-refractivity contribution in [1.82, 2.24) is 0 Å². The largest absolute Gasteiger partial charge is 0.402 e. The second-order valence-electron chi connectivity index (χ2n) is 2.41. The van der Waals surface area contributed by atoms with Crippen molar-refractivity contribution in [2.45, 2.75) is 20.3 Å². The second-order valence-corrected chi connectivity index (χ2v) is 2.41.